The van der Waals surface area contributed by atoms with E-state index in [2.05, 4.69) is 32.0 Å². The van der Waals surface area contributed by atoms with E-state index in [4.69, 9.17) is 0 Å². The van der Waals surface area contributed by atoms with Crippen LogP contribution in [0.3, 0.4) is 0 Å². The van der Waals surface area contributed by atoms with Crippen molar-refractivity contribution in [3.63, 3.8) is 0 Å². The lowest BCUT2D eigenvalue weighted by molar-refractivity contribution is -0.0125. The second kappa shape index (κ2) is 8.85. The third kappa shape index (κ3) is 4.26. The van der Waals surface area contributed by atoms with Crippen LogP contribution in [-0.4, -0.2) is 48.1 Å². The quantitative estimate of drug-likeness (QED) is 0.545. The van der Waals surface area contributed by atoms with Crippen LogP contribution in [0.4, 0.5) is 14.6 Å². The molecule has 3 saturated carbocycles. The molecule has 3 fully saturated rings. The van der Waals surface area contributed by atoms with E-state index in [9.17, 15) is 14.3 Å². The van der Waals surface area contributed by atoms with E-state index in [1.807, 2.05) is 0 Å². The van der Waals surface area contributed by atoms with Gasteiger partial charge in [-0.2, -0.15) is 4.98 Å². The van der Waals surface area contributed by atoms with Crippen LogP contribution in [0.1, 0.15) is 51.9 Å². The predicted molar refractivity (Wildman–Crippen MR) is 134 cm³/mol. The first-order valence-electron chi connectivity index (χ1n) is 12.9. The molecule has 0 aliphatic heterocycles. The molecule has 2 heterocycles. The Morgan fingerprint density at radius 3 is 2.73 bits per heavy atom. The largest absolute Gasteiger partial charge is 0.507 e. The van der Waals surface area contributed by atoms with Crippen molar-refractivity contribution in [2.45, 2.75) is 70.1 Å². The summed E-state index contributed by atoms with van der Waals surface area (Å²) >= 11 is 0. The van der Waals surface area contributed by atoms with Gasteiger partial charge in [0.05, 0.1) is 17.8 Å². The first-order valence-corrected chi connectivity index (χ1v) is 12.9. The molecule has 194 valence electrons. The summed E-state index contributed by atoms with van der Waals surface area (Å²) in [6.45, 7) is 2.09. The van der Waals surface area contributed by atoms with E-state index >= 15 is 4.39 Å². The number of hydrogen-bond donors (Lipinski definition) is 1. The molecule has 0 saturated heterocycles. The lowest BCUT2D eigenvalue weighted by atomic mass is 9.60. The van der Waals surface area contributed by atoms with Crippen molar-refractivity contribution in [3.8, 4) is 28.4 Å². The average Bonchev–Trinajstić information content (AvgIpc) is 3.70. The number of fused-ring (bicyclic) bond motifs is 2. The zero-order valence-electron chi connectivity index (χ0n) is 20.9. The molecule has 6 rings (SSSR count). The lowest BCUT2D eigenvalue weighted by Crippen LogP contribution is -2.56. The number of rotatable bonds is 5. The van der Waals surface area contributed by atoms with Crippen LogP contribution in [0.15, 0.2) is 35.4 Å². The number of phenols is 1. The first-order chi connectivity index (χ1) is 17.7. The predicted octanol–water partition coefficient (Wildman–Crippen LogP) is 4.42. The van der Waals surface area contributed by atoms with E-state index in [1.165, 1.54) is 13.1 Å². The third-order valence-electron chi connectivity index (χ3n) is 8.36. The molecule has 1 aromatic carbocycles. The summed E-state index contributed by atoms with van der Waals surface area (Å²) in [5.41, 5.74) is -0.468. The summed E-state index contributed by atoms with van der Waals surface area (Å²) in [6, 6.07) is 4.43. The molecule has 0 unspecified atom stereocenters. The summed E-state index contributed by atoms with van der Waals surface area (Å²) in [7, 11) is 1.41. The van der Waals surface area contributed by atoms with Crippen molar-refractivity contribution in [1.82, 2.24) is 24.7 Å². The van der Waals surface area contributed by atoms with Crippen molar-refractivity contribution in [2.75, 3.05) is 4.90 Å². The topological polar surface area (TPSA) is 97.0 Å². The lowest BCUT2D eigenvalue weighted by Gasteiger charge is -2.52. The molecule has 8 nitrogen and oxygen atoms in total. The summed E-state index contributed by atoms with van der Waals surface area (Å²) in [5, 5.41) is 19.3. The number of aromatic nitrogens is 5. The van der Waals surface area contributed by atoms with Crippen LogP contribution >= 0.6 is 0 Å². The Labute approximate surface area is 213 Å². The Balaban J connectivity index is 1.28. The molecule has 10 heteroatoms. The molecule has 4 atom stereocenters. The fourth-order valence-electron chi connectivity index (χ4n) is 6.37. The number of nitrogens with zero attached hydrogens (tertiary/aromatic N) is 6. The van der Waals surface area contributed by atoms with Gasteiger partial charge in [0.25, 0.3) is 0 Å². The van der Waals surface area contributed by atoms with Gasteiger partial charge in [0.15, 0.2) is 17.5 Å². The standard InChI is InChI=1S/C27H30F2N6O2/c1-27-9-3-4-15(12-27)10-20(24(27)29)35(17-6-7-17)22-13-30-25(33-32-22)18-8-5-16(11-21(18)36)23-19(28)14-34(2)26(37)31-23/h5,8,11,13-15,17,20,24,36H,3-4,6-7,9-10,12H2,1-2H3/t15-,20-,24-,27-/m1/s1. The minimum absolute atomic E-state index is 0.147. The molecule has 3 aliphatic carbocycles. The minimum Gasteiger partial charge on any atom is -0.507 e. The number of phenolic OH excluding ortho intramolecular Hbond substituents is 1. The van der Waals surface area contributed by atoms with E-state index in [-0.39, 0.29) is 40.3 Å². The van der Waals surface area contributed by atoms with Crippen molar-refractivity contribution in [2.24, 2.45) is 18.4 Å². The smallest absolute Gasteiger partial charge is 0.348 e. The number of halogens is 2. The molecule has 0 spiro atoms. The third-order valence-corrected chi connectivity index (χ3v) is 8.36. The van der Waals surface area contributed by atoms with Gasteiger partial charge >= 0.3 is 5.69 Å². The van der Waals surface area contributed by atoms with Crippen LogP contribution in [0.5, 0.6) is 5.75 Å². The van der Waals surface area contributed by atoms with E-state index < -0.39 is 17.7 Å². The fraction of sp³-hybridized carbons (Fsp3) is 0.519. The Kier molecular flexibility index (Phi) is 5.72. The molecule has 0 amide bonds. The van der Waals surface area contributed by atoms with E-state index in [0.29, 0.717) is 17.3 Å². The molecule has 2 aromatic heterocycles. The number of anilines is 1. The number of hydrogen-bond acceptors (Lipinski definition) is 7. The zero-order chi connectivity index (χ0) is 25.9. The van der Waals surface area contributed by atoms with Gasteiger partial charge in [-0.1, -0.05) is 25.8 Å². The molecular weight excluding hydrogens is 478 g/mol. The van der Waals surface area contributed by atoms with Crippen LogP contribution in [0.2, 0.25) is 0 Å². The summed E-state index contributed by atoms with van der Waals surface area (Å²) < 4.78 is 31.3. The Morgan fingerprint density at radius 1 is 1.22 bits per heavy atom. The second-order valence-electron chi connectivity index (χ2n) is 11.2. The molecule has 0 radical (unpaired) electrons. The van der Waals surface area contributed by atoms with Gasteiger partial charge in [0, 0.05) is 30.3 Å². The van der Waals surface area contributed by atoms with Gasteiger partial charge in [-0.15, -0.1) is 10.2 Å². The second-order valence-corrected chi connectivity index (χ2v) is 11.2. The van der Waals surface area contributed by atoms with Gasteiger partial charge in [-0.05, 0) is 50.2 Å². The van der Waals surface area contributed by atoms with Crippen LogP contribution < -0.4 is 10.6 Å². The summed E-state index contributed by atoms with van der Waals surface area (Å²) in [6.07, 6.45) is 8.70. The fourth-order valence-corrected chi connectivity index (χ4v) is 6.37. The van der Waals surface area contributed by atoms with Crippen LogP contribution in [0.25, 0.3) is 22.6 Å². The average molecular weight is 509 g/mol. The normalized spacial score (nSPS) is 27.2. The number of alkyl halides is 1. The maximum absolute atomic E-state index is 15.9. The molecule has 3 aromatic rings. The van der Waals surface area contributed by atoms with Crippen molar-refractivity contribution in [1.29, 1.82) is 0 Å². The van der Waals surface area contributed by atoms with Gasteiger partial charge in [-0.3, -0.25) is 4.57 Å². The highest BCUT2D eigenvalue weighted by Crippen LogP contribution is 2.52. The van der Waals surface area contributed by atoms with Gasteiger partial charge < -0.3 is 10.0 Å². The Morgan fingerprint density at radius 2 is 2.03 bits per heavy atom. The summed E-state index contributed by atoms with van der Waals surface area (Å²) in [5.74, 6) is 0.431. The highest BCUT2D eigenvalue weighted by molar-refractivity contribution is 5.71. The zero-order valence-corrected chi connectivity index (χ0v) is 20.9. The first kappa shape index (κ1) is 23.9. The highest BCUT2D eigenvalue weighted by atomic mass is 19.1. The molecular formula is C27H30F2N6O2. The van der Waals surface area contributed by atoms with Crippen molar-refractivity contribution < 1.29 is 13.9 Å². The van der Waals surface area contributed by atoms with Gasteiger partial charge in [-0.25, -0.2) is 18.6 Å². The molecule has 3 aliphatic rings. The maximum atomic E-state index is 15.9. The van der Waals surface area contributed by atoms with Gasteiger partial charge in [0.2, 0.25) is 0 Å². The molecule has 1 N–H and O–H groups in total. The van der Waals surface area contributed by atoms with Crippen LogP contribution in [0, 0.1) is 17.2 Å². The van der Waals surface area contributed by atoms with Crippen molar-refractivity contribution >= 4 is 5.82 Å². The maximum Gasteiger partial charge on any atom is 0.348 e. The monoisotopic (exact) mass is 508 g/mol. The van der Waals surface area contributed by atoms with Crippen LogP contribution in [-0.2, 0) is 7.05 Å². The Bertz CT molecular complexity index is 1390. The number of aryl methyl sites for hydroxylation is 1. The number of aromatic hydroxyl groups is 1. The highest BCUT2D eigenvalue weighted by Gasteiger charge is 2.52. The molecule has 2 bridgehead atoms. The van der Waals surface area contributed by atoms with Crippen molar-refractivity contribution in [3.05, 3.63) is 46.9 Å². The number of benzene rings is 1. The van der Waals surface area contributed by atoms with Gasteiger partial charge in [0.1, 0.15) is 17.6 Å². The summed E-state index contributed by atoms with van der Waals surface area (Å²) in [4.78, 5) is 22.2. The molecule has 37 heavy (non-hydrogen) atoms. The SMILES string of the molecule is Cn1cc(F)c(-c2ccc(-c3ncc(N(C4CC4)[C@@H]4C[C@H]5CCC[C@](C)(C5)[C@@H]4F)nn3)c(O)c2)nc1=O. The minimum atomic E-state index is -0.925. The van der Waals surface area contributed by atoms with E-state index in [0.717, 1.165) is 55.7 Å². The van der Waals surface area contributed by atoms with E-state index in [1.54, 1.807) is 18.3 Å². The Hall–Kier alpha value is -3.43.